The highest BCUT2D eigenvalue weighted by molar-refractivity contribution is 6.30. The van der Waals surface area contributed by atoms with Crippen LogP contribution in [0.3, 0.4) is 0 Å². The van der Waals surface area contributed by atoms with E-state index in [1.165, 1.54) is 18.2 Å². The quantitative estimate of drug-likeness (QED) is 0.322. The van der Waals surface area contributed by atoms with Gasteiger partial charge in [-0.3, -0.25) is 0 Å². The summed E-state index contributed by atoms with van der Waals surface area (Å²) in [6, 6.07) is 4.51. The molecule has 0 aliphatic rings. The van der Waals surface area contributed by atoms with Crippen molar-refractivity contribution >= 4 is 17.3 Å². The largest absolute Gasteiger partial charge is 0.399 e. The Morgan fingerprint density at radius 3 is 2.69 bits per heavy atom. The lowest BCUT2D eigenvalue weighted by molar-refractivity contribution is 0.0244. The van der Waals surface area contributed by atoms with Crippen molar-refractivity contribution in [3.63, 3.8) is 0 Å². The van der Waals surface area contributed by atoms with E-state index in [1.54, 1.807) is 0 Å². The maximum atomic E-state index is 9.72. The Balaban J connectivity index is 2.86. The minimum Gasteiger partial charge on any atom is -0.399 e. The van der Waals surface area contributed by atoms with Crippen LogP contribution in [0.25, 0.3) is 10.4 Å². The zero-order chi connectivity index (χ0) is 12.1. The van der Waals surface area contributed by atoms with Gasteiger partial charge in [-0.2, -0.15) is 0 Å². The minimum absolute atomic E-state index is 0.218. The van der Waals surface area contributed by atoms with E-state index in [-0.39, 0.29) is 6.54 Å². The SMILES string of the molecule is [N-]=[N+]=NCC(O)C(O)c1cc(N)cc(Cl)c1. The van der Waals surface area contributed by atoms with Gasteiger partial charge in [0, 0.05) is 15.6 Å². The molecule has 86 valence electrons. The third-order valence-corrected chi connectivity index (χ3v) is 2.20. The molecule has 2 atom stereocenters. The third kappa shape index (κ3) is 3.29. The lowest BCUT2D eigenvalue weighted by atomic mass is 10.0. The standard InChI is InChI=1S/C9H11ClN4O2/c10-6-1-5(2-7(11)3-6)9(16)8(15)4-13-14-12/h1-3,8-9,15-16H,4,11H2. The molecular formula is C9H11ClN4O2. The molecule has 4 N–H and O–H groups in total. The molecule has 0 saturated carbocycles. The second-order valence-electron chi connectivity index (χ2n) is 3.24. The summed E-state index contributed by atoms with van der Waals surface area (Å²) in [6.45, 7) is -0.218. The van der Waals surface area contributed by atoms with Crippen LogP contribution in [-0.4, -0.2) is 22.9 Å². The van der Waals surface area contributed by atoms with Gasteiger partial charge in [-0.25, -0.2) is 0 Å². The predicted molar refractivity (Wildman–Crippen MR) is 60.8 cm³/mol. The Bertz CT molecular complexity index is 400. The molecular weight excluding hydrogens is 232 g/mol. The third-order valence-electron chi connectivity index (χ3n) is 1.98. The van der Waals surface area contributed by atoms with Gasteiger partial charge in [-0.05, 0) is 29.3 Å². The lowest BCUT2D eigenvalue weighted by Crippen LogP contribution is -2.21. The second kappa shape index (κ2) is 5.58. The first-order valence-electron chi connectivity index (χ1n) is 4.47. The summed E-state index contributed by atoms with van der Waals surface area (Å²) >= 11 is 5.75. The number of aliphatic hydroxyl groups is 2. The van der Waals surface area contributed by atoms with Gasteiger partial charge < -0.3 is 15.9 Å². The molecule has 0 aliphatic carbocycles. The number of hydrogen-bond donors (Lipinski definition) is 3. The van der Waals surface area contributed by atoms with Crippen LogP contribution >= 0.6 is 11.6 Å². The van der Waals surface area contributed by atoms with Crippen LogP contribution < -0.4 is 5.73 Å². The smallest absolute Gasteiger partial charge is 0.105 e. The molecule has 2 unspecified atom stereocenters. The minimum atomic E-state index is -1.19. The van der Waals surface area contributed by atoms with Gasteiger partial charge in [0.25, 0.3) is 0 Å². The number of rotatable bonds is 4. The summed E-state index contributed by atoms with van der Waals surface area (Å²) in [7, 11) is 0. The van der Waals surface area contributed by atoms with Gasteiger partial charge in [0.05, 0.1) is 12.6 Å². The topological polar surface area (TPSA) is 115 Å². The molecule has 0 radical (unpaired) electrons. The molecule has 0 saturated heterocycles. The van der Waals surface area contributed by atoms with E-state index in [4.69, 9.17) is 22.9 Å². The highest BCUT2D eigenvalue weighted by atomic mass is 35.5. The van der Waals surface area contributed by atoms with Crippen molar-refractivity contribution in [1.29, 1.82) is 0 Å². The number of hydrogen-bond acceptors (Lipinski definition) is 4. The number of benzene rings is 1. The molecule has 0 amide bonds. The van der Waals surface area contributed by atoms with E-state index in [9.17, 15) is 10.2 Å². The second-order valence-corrected chi connectivity index (χ2v) is 3.68. The van der Waals surface area contributed by atoms with Gasteiger partial charge in [-0.1, -0.05) is 16.7 Å². The van der Waals surface area contributed by atoms with E-state index < -0.39 is 12.2 Å². The number of aliphatic hydroxyl groups excluding tert-OH is 2. The molecule has 1 aromatic rings. The summed E-state index contributed by atoms with van der Waals surface area (Å²) in [5.41, 5.74) is 14.4. The fraction of sp³-hybridized carbons (Fsp3) is 0.333. The highest BCUT2D eigenvalue weighted by Crippen LogP contribution is 2.24. The Hall–Kier alpha value is -1.46. The highest BCUT2D eigenvalue weighted by Gasteiger charge is 2.18. The van der Waals surface area contributed by atoms with Crippen LogP contribution in [0, 0.1) is 0 Å². The van der Waals surface area contributed by atoms with Crippen LogP contribution in [-0.2, 0) is 0 Å². The summed E-state index contributed by atoms with van der Waals surface area (Å²) in [5, 5.41) is 22.7. The fourth-order valence-corrected chi connectivity index (χ4v) is 1.50. The molecule has 0 heterocycles. The summed E-state index contributed by atoms with van der Waals surface area (Å²) in [6.07, 6.45) is -2.37. The van der Waals surface area contributed by atoms with E-state index in [1.807, 2.05) is 0 Å². The van der Waals surface area contributed by atoms with Crippen molar-refractivity contribution in [2.45, 2.75) is 12.2 Å². The zero-order valence-electron chi connectivity index (χ0n) is 8.29. The number of nitrogen functional groups attached to an aromatic ring is 1. The average molecular weight is 243 g/mol. The Labute approximate surface area is 96.9 Å². The summed E-state index contributed by atoms with van der Waals surface area (Å²) < 4.78 is 0. The maximum absolute atomic E-state index is 9.72. The summed E-state index contributed by atoms with van der Waals surface area (Å²) in [4.78, 5) is 2.49. The molecule has 0 aliphatic heterocycles. The van der Waals surface area contributed by atoms with Crippen LogP contribution in [0.2, 0.25) is 5.02 Å². The molecule has 7 heteroatoms. The van der Waals surface area contributed by atoms with Crippen molar-refractivity contribution in [3.05, 3.63) is 39.2 Å². The lowest BCUT2D eigenvalue weighted by Gasteiger charge is -2.16. The van der Waals surface area contributed by atoms with Crippen LogP contribution in [0.5, 0.6) is 0 Å². The van der Waals surface area contributed by atoms with E-state index in [0.717, 1.165) is 0 Å². The molecule has 16 heavy (non-hydrogen) atoms. The molecule has 0 spiro atoms. The van der Waals surface area contributed by atoms with Gasteiger partial charge in [0.15, 0.2) is 0 Å². The number of halogens is 1. The molecule has 1 aromatic carbocycles. The molecule has 0 bridgehead atoms. The van der Waals surface area contributed by atoms with Gasteiger partial charge >= 0.3 is 0 Å². The van der Waals surface area contributed by atoms with Crippen LogP contribution in [0.15, 0.2) is 23.3 Å². The monoisotopic (exact) mass is 242 g/mol. The number of nitrogens with zero attached hydrogens (tertiary/aromatic N) is 3. The molecule has 0 fully saturated rings. The van der Waals surface area contributed by atoms with E-state index in [2.05, 4.69) is 10.0 Å². The van der Waals surface area contributed by atoms with Crippen molar-refractivity contribution < 1.29 is 10.2 Å². The predicted octanol–water partition coefficient (Wildman–Crippen LogP) is 1.63. The summed E-state index contributed by atoms with van der Waals surface area (Å²) in [5.74, 6) is 0. The molecule has 0 aromatic heterocycles. The molecule has 6 nitrogen and oxygen atoms in total. The van der Waals surface area contributed by atoms with Crippen LogP contribution in [0.4, 0.5) is 5.69 Å². The Morgan fingerprint density at radius 1 is 1.44 bits per heavy atom. The number of anilines is 1. The van der Waals surface area contributed by atoms with Crippen LogP contribution in [0.1, 0.15) is 11.7 Å². The first-order valence-corrected chi connectivity index (χ1v) is 4.85. The number of nitrogens with two attached hydrogens (primary N) is 1. The van der Waals surface area contributed by atoms with Crippen molar-refractivity contribution in [1.82, 2.24) is 0 Å². The Morgan fingerprint density at radius 2 is 2.12 bits per heavy atom. The Kier molecular flexibility index (Phi) is 4.39. The van der Waals surface area contributed by atoms with E-state index >= 15 is 0 Å². The van der Waals surface area contributed by atoms with Gasteiger partial charge in [0.2, 0.25) is 0 Å². The average Bonchev–Trinajstić information content (AvgIpc) is 2.23. The normalized spacial score (nSPS) is 13.9. The van der Waals surface area contributed by atoms with Gasteiger partial charge in [0.1, 0.15) is 6.10 Å². The maximum Gasteiger partial charge on any atom is 0.105 e. The first kappa shape index (κ1) is 12.6. The first-order chi connectivity index (χ1) is 7.54. The van der Waals surface area contributed by atoms with Gasteiger partial charge in [-0.15, -0.1) is 0 Å². The van der Waals surface area contributed by atoms with Crippen molar-refractivity contribution in [2.24, 2.45) is 5.11 Å². The molecule has 1 rings (SSSR count). The number of azide groups is 1. The van der Waals surface area contributed by atoms with Crippen molar-refractivity contribution in [2.75, 3.05) is 12.3 Å². The van der Waals surface area contributed by atoms with Crippen molar-refractivity contribution in [3.8, 4) is 0 Å². The zero-order valence-corrected chi connectivity index (χ0v) is 9.04. The fourth-order valence-electron chi connectivity index (χ4n) is 1.25. The van der Waals surface area contributed by atoms with E-state index in [0.29, 0.717) is 16.3 Å².